The van der Waals surface area contributed by atoms with E-state index in [1.807, 2.05) is 6.92 Å². The summed E-state index contributed by atoms with van der Waals surface area (Å²) in [5.41, 5.74) is 1.06. The quantitative estimate of drug-likeness (QED) is 0.817. The maximum absolute atomic E-state index is 11.9. The number of ether oxygens (including phenoxy) is 1. The van der Waals surface area contributed by atoms with Gasteiger partial charge in [-0.2, -0.15) is 0 Å². The monoisotopic (exact) mass is 315 g/mol. The Morgan fingerprint density at radius 3 is 2.70 bits per heavy atom. The van der Waals surface area contributed by atoms with Crippen molar-refractivity contribution in [2.75, 3.05) is 6.61 Å². The molecule has 1 amide bonds. The lowest BCUT2D eigenvalue weighted by Gasteiger charge is -2.12. The van der Waals surface area contributed by atoms with E-state index in [2.05, 4.69) is 15.5 Å². The van der Waals surface area contributed by atoms with Crippen LogP contribution in [0.2, 0.25) is 0 Å². The largest absolute Gasteiger partial charge is 0.452 e. The Labute approximate surface area is 133 Å². The number of nitrogens with one attached hydrogen (secondary N) is 1. The number of aromatic nitrogens is 2. The molecule has 1 aliphatic carbocycles. The number of hydrogen-bond acceptors (Lipinski definition) is 6. The number of hydrogen-bond donors (Lipinski definition) is 1. The second-order valence-electron chi connectivity index (χ2n) is 5.59. The van der Waals surface area contributed by atoms with Gasteiger partial charge < -0.3 is 14.5 Å². The number of carbonyl (C=O) groups excluding carboxylic acids is 2. The van der Waals surface area contributed by atoms with Crippen LogP contribution < -0.4 is 5.32 Å². The van der Waals surface area contributed by atoms with Gasteiger partial charge in [0.05, 0.1) is 5.56 Å². The molecule has 1 aromatic heterocycles. The fourth-order valence-electron chi connectivity index (χ4n) is 2.27. The van der Waals surface area contributed by atoms with Crippen molar-refractivity contribution in [2.45, 2.75) is 25.8 Å². The molecule has 1 N–H and O–H groups in total. The maximum Gasteiger partial charge on any atom is 0.338 e. The van der Waals surface area contributed by atoms with Crippen molar-refractivity contribution in [3.8, 4) is 11.5 Å². The van der Waals surface area contributed by atoms with E-state index in [0.29, 0.717) is 22.9 Å². The lowest BCUT2D eigenvalue weighted by Crippen LogP contribution is -2.37. The average molecular weight is 315 g/mol. The first-order valence-corrected chi connectivity index (χ1v) is 7.46. The zero-order chi connectivity index (χ0) is 16.2. The van der Waals surface area contributed by atoms with E-state index in [9.17, 15) is 9.59 Å². The molecule has 2 aromatic rings. The lowest BCUT2D eigenvalue weighted by molar-refractivity contribution is -0.124. The number of benzene rings is 1. The van der Waals surface area contributed by atoms with Crippen LogP contribution in [0.4, 0.5) is 0 Å². The van der Waals surface area contributed by atoms with Gasteiger partial charge in [0.15, 0.2) is 6.61 Å². The Morgan fingerprint density at radius 1 is 1.35 bits per heavy atom. The topological polar surface area (TPSA) is 94.3 Å². The third-order valence-corrected chi connectivity index (χ3v) is 3.78. The van der Waals surface area contributed by atoms with Crippen LogP contribution in [0, 0.1) is 5.92 Å². The van der Waals surface area contributed by atoms with Crippen LogP contribution in [0.3, 0.4) is 0 Å². The molecule has 7 nitrogen and oxygen atoms in total. The van der Waals surface area contributed by atoms with Crippen molar-refractivity contribution in [3.05, 3.63) is 36.2 Å². The van der Waals surface area contributed by atoms with Crippen LogP contribution in [-0.4, -0.2) is 34.7 Å². The van der Waals surface area contributed by atoms with E-state index in [1.165, 1.54) is 6.39 Å². The summed E-state index contributed by atoms with van der Waals surface area (Å²) < 4.78 is 10.1. The molecule has 7 heteroatoms. The van der Waals surface area contributed by atoms with Gasteiger partial charge in [0, 0.05) is 11.6 Å². The van der Waals surface area contributed by atoms with Crippen molar-refractivity contribution < 1.29 is 18.7 Å². The number of amides is 1. The van der Waals surface area contributed by atoms with Gasteiger partial charge in [-0.05, 0) is 49.9 Å². The molecule has 0 aliphatic heterocycles. The third-order valence-electron chi connectivity index (χ3n) is 3.78. The average Bonchev–Trinajstić information content (AvgIpc) is 3.28. The van der Waals surface area contributed by atoms with Crippen LogP contribution in [0.5, 0.6) is 0 Å². The maximum atomic E-state index is 11.9. The lowest BCUT2D eigenvalue weighted by atomic mass is 10.1. The molecule has 1 atom stereocenters. The minimum absolute atomic E-state index is 0.134. The van der Waals surface area contributed by atoms with Crippen molar-refractivity contribution in [1.82, 2.24) is 15.5 Å². The zero-order valence-electron chi connectivity index (χ0n) is 12.7. The van der Waals surface area contributed by atoms with Gasteiger partial charge in [-0.15, -0.1) is 10.2 Å². The summed E-state index contributed by atoms with van der Waals surface area (Å²) in [5.74, 6) is 0.113. The van der Waals surface area contributed by atoms with Crippen molar-refractivity contribution in [3.63, 3.8) is 0 Å². The minimum atomic E-state index is -0.545. The number of nitrogens with zero attached hydrogens (tertiary/aromatic N) is 2. The molecule has 0 saturated heterocycles. The van der Waals surface area contributed by atoms with Crippen LogP contribution in [0.1, 0.15) is 30.1 Å². The molecule has 0 unspecified atom stereocenters. The fraction of sp³-hybridized carbons (Fsp3) is 0.375. The highest BCUT2D eigenvalue weighted by Crippen LogP contribution is 2.32. The van der Waals surface area contributed by atoms with Crippen LogP contribution in [0.25, 0.3) is 11.5 Å². The zero-order valence-corrected chi connectivity index (χ0v) is 12.7. The van der Waals surface area contributed by atoms with Crippen LogP contribution in [-0.2, 0) is 9.53 Å². The summed E-state index contributed by atoms with van der Waals surface area (Å²) in [6.07, 6.45) is 3.53. The molecule has 0 spiro atoms. The van der Waals surface area contributed by atoms with Crippen LogP contribution >= 0.6 is 0 Å². The van der Waals surface area contributed by atoms with E-state index in [4.69, 9.17) is 9.15 Å². The van der Waals surface area contributed by atoms with E-state index in [-0.39, 0.29) is 18.6 Å². The molecule has 0 radical (unpaired) electrons. The normalized spacial score (nSPS) is 15.0. The predicted molar refractivity (Wildman–Crippen MR) is 80.3 cm³/mol. The first-order chi connectivity index (χ1) is 11.1. The second-order valence-corrected chi connectivity index (χ2v) is 5.59. The van der Waals surface area contributed by atoms with E-state index < -0.39 is 5.97 Å². The van der Waals surface area contributed by atoms with Gasteiger partial charge in [-0.3, -0.25) is 4.79 Å². The molecule has 1 aliphatic rings. The molecular weight excluding hydrogens is 298 g/mol. The number of rotatable bonds is 6. The summed E-state index contributed by atoms with van der Waals surface area (Å²) in [6.45, 7) is 1.69. The van der Waals surface area contributed by atoms with Gasteiger partial charge in [0.1, 0.15) is 0 Å². The van der Waals surface area contributed by atoms with Gasteiger partial charge in [-0.1, -0.05) is 0 Å². The van der Waals surface area contributed by atoms with Gasteiger partial charge in [0.2, 0.25) is 12.3 Å². The molecule has 1 saturated carbocycles. The Balaban J connectivity index is 1.50. The first-order valence-electron chi connectivity index (χ1n) is 7.46. The van der Waals surface area contributed by atoms with Crippen molar-refractivity contribution >= 4 is 11.9 Å². The van der Waals surface area contributed by atoms with Crippen LogP contribution in [0.15, 0.2) is 35.1 Å². The Hall–Kier alpha value is -2.70. The van der Waals surface area contributed by atoms with E-state index >= 15 is 0 Å². The summed E-state index contributed by atoms with van der Waals surface area (Å²) in [5, 5.41) is 10.2. The van der Waals surface area contributed by atoms with Gasteiger partial charge in [0.25, 0.3) is 5.91 Å². The first kappa shape index (κ1) is 15.2. The Kier molecular flexibility index (Phi) is 4.36. The summed E-state index contributed by atoms with van der Waals surface area (Å²) >= 11 is 0. The van der Waals surface area contributed by atoms with Gasteiger partial charge in [-0.25, -0.2) is 4.79 Å². The third kappa shape index (κ3) is 3.94. The minimum Gasteiger partial charge on any atom is -0.452 e. The molecule has 120 valence electrons. The molecule has 1 aromatic carbocycles. The second kappa shape index (κ2) is 6.60. The van der Waals surface area contributed by atoms with E-state index in [1.54, 1.807) is 24.3 Å². The molecule has 23 heavy (non-hydrogen) atoms. The number of esters is 1. The molecular formula is C16H17N3O4. The Morgan fingerprint density at radius 2 is 2.09 bits per heavy atom. The molecule has 0 bridgehead atoms. The predicted octanol–water partition coefficient (Wildman–Crippen LogP) is 1.81. The molecule has 1 heterocycles. The highest BCUT2D eigenvalue weighted by Gasteiger charge is 2.29. The van der Waals surface area contributed by atoms with Gasteiger partial charge >= 0.3 is 5.97 Å². The fourth-order valence-corrected chi connectivity index (χ4v) is 2.27. The molecule has 3 rings (SSSR count). The van der Waals surface area contributed by atoms with Crippen molar-refractivity contribution in [2.24, 2.45) is 5.92 Å². The highest BCUT2D eigenvalue weighted by atomic mass is 16.5. The standard InChI is InChI=1S/C16H17N3O4/c1-10(11-2-3-11)18-14(20)8-22-16(21)13-6-4-12(5-7-13)15-19-17-9-23-15/h4-7,9-11H,2-3,8H2,1H3,(H,18,20)/t10-/m0/s1. The number of carbonyl (C=O) groups is 2. The summed E-state index contributed by atoms with van der Waals surface area (Å²) in [6, 6.07) is 6.67. The molecule has 1 fully saturated rings. The Bertz CT molecular complexity index is 678. The van der Waals surface area contributed by atoms with E-state index in [0.717, 1.165) is 12.8 Å². The summed E-state index contributed by atoms with van der Waals surface area (Å²) in [7, 11) is 0. The van der Waals surface area contributed by atoms with Crippen molar-refractivity contribution in [1.29, 1.82) is 0 Å². The SMILES string of the molecule is C[C@H](NC(=O)COC(=O)c1ccc(-c2nnco2)cc1)C1CC1. The summed E-state index contributed by atoms with van der Waals surface area (Å²) in [4.78, 5) is 23.6. The highest BCUT2D eigenvalue weighted by molar-refractivity contribution is 5.91. The smallest absolute Gasteiger partial charge is 0.338 e.